The lowest BCUT2D eigenvalue weighted by Gasteiger charge is -2.10. The van der Waals surface area contributed by atoms with Crippen LogP contribution in [0.2, 0.25) is 0 Å². The quantitative estimate of drug-likeness (QED) is 0.271. The minimum absolute atomic E-state index is 0.00993. The molecular formula is C18H16IN3O3S. The molecule has 8 heteroatoms. The summed E-state index contributed by atoms with van der Waals surface area (Å²) >= 11 is 7.06. The molecule has 2 aromatic carbocycles. The number of halogens is 1. The zero-order valence-electron chi connectivity index (χ0n) is 13.8. The van der Waals surface area contributed by atoms with Crippen LogP contribution in [0.1, 0.15) is 15.9 Å². The highest BCUT2D eigenvalue weighted by molar-refractivity contribution is 14.1. The third-order valence-electron chi connectivity index (χ3n) is 3.17. The third kappa shape index (κ3) is 6.12. The van der Waals surface area contributed by atoms with Gasteiger partial charge in [-0.25, -0.2) is 0 Å². The number of rotatable bonds is 4. The average molecular weight is 481 g/mol. The Bertz CT molecular complexity index is 841. The van der Waals surface area contributed by atoms with Crippen molar-refractivity contribution in [2.75, 3.05) is 7.11 Å². The minimum Gasteiger partial charge on any atom is -0.496 e. The van der Waals surface area contributed by atoms with E-state index in [1.165, 1.54) is 6.08 Å². The molecule has 0 radical (unpaired) electrons. The van der Waals surface area contributed by atoms with Crippen LogP contribution in [0, 0.1) is 3.57 Å². The highest BCUT2D eigenvalue weighted by Crippen LogP contribution is 2.21. The third-order valence-corrected chi connectivity index (χ3v) is 4.21. The highest BCUT2D eigenvalue weighted by atomic mass is 127. The van der Waals surface area contributed by atoms with Gasteiger partial charge in [-0.2, -0.15) is 0 Å². The first-order valence-corrected chi connectivity index (χ1v) is 8.96. The van der Waals surface area contributed by atoms with Crippen molar-refractivity contribution in [2.24, 2.45) is 0 Å². The van der Waals surface area contributed by atoms with Crippen molar-refractivity contribution in [3.63, 3.8) is 0 Å². The molecule has 26 heavy (non-hydrogen) atoms. The second kappa shape index (κ2) is 9.88. The maximum Gasteiger partial charge on any atom is 0.269 e. The number of nitrogens with one attached hydrogen (secondary N) is 3. The van der Waals surface area contributed by atoms with E-state index >= 15 is 0 Å². The molecule has 0 aliphatic rings. The van der Waals surface area contributed by atoms with E-state index in [0.717, 1.165) is 9.13 Å². The molecule has 6 nitrogen and oxygen atoms in total. The lowest BCUT2D eigenvalue weighted by molar-refractivity contribution is -0.115. The molecule has 0 saturated carbocycles. The molecule has 0 bridgehead atoms. The Balaban J connectivity index is 1.82. The van der Waals surface area contributed by atoms with Gasteiger partial charge >= 0.3 is 0 Å². The van der Waals surface area contributed by atoms with Crippen LogP contribution in [0.4, 0.5) is 0 Å². The summed E-state index contributed by atoms with van der Waals surface area (Å²) in [5.74, 6) is -0.107. The molecule has 0 aliphatic heterocycles. The van der Waals surface area contributed by atoms with Gasteiger partial charge < -0.3 is 4.74 Å². The number of hydrogen-bond donors (Lipinski definition) is 3. The zero-order valence-corrected chi connectivity index (χ0v) is 16.8. The smallest absolute Gasteiger partial charge is 0.269 e. The number of carbonyl (C=O) groups is 2. The Labute approximate surface area is 170 Å². The summed E-state index contributed by atoms with van der Waals surface area (Å²) in [6.07, 6.45) is 3.02. The normalized spacial score (nSPS) is 10.2. The Morgan fingerprint density at radius 1 is 1.12 bits per heavy atom. The van der Waals surface area contributed by atoms with Crippen LogP contribution in [-0.4, -0.2) is 24.0 Å². The summed E-state index contributed by atoms with van der Waals surface area (Å²) in [5, 5.41) is 2.44. The van der Waals surface area contributed by atoms with Crippen LogP contribution in [0.3, 0.4) is 0 Å². The predicted octanol–water partition coefficient (Wildman–Crippen LogP) is 2.65. The van der Waals surface area contributed by atoms with Crippen LogP contribution >= 0.6 is 34.8 Å². The van der Waals surface area contributed by atoms with E-state index in [-0.39, 0.29) is 11.0 Å². The number of carbonyl (C=O) groups excluding carboxylic acids is 2. The molecule has 3 N–H and O–H groups in total. The van der Waals surface area contributed by atoms with Crippen LogP contribution in [0.5, 0.6) is 5.75 Å². The molecule has 134 valence electrons. The summed E-state index contributed by atoms with van der Waals surface area (Å²) < 4.78 is 5.95. The Kier molecular flexibility index (Phi) is 7.54. The van der Waals surface area contributed by atoms with E-state index in [4.69, 9.17) is 17.0 Å². The van der Waals surface area contributed by atoms with E-state index in [9.17, 15) is 9.59 Å². The fourth-order valence-electron chi connectivity index (χ4n) is 1.91. The van der Waals surface area contributed by atoms with Crippen LogP contribution in [0.25, 0.3) is 6.08 Å². The SMILES string of the molecule is COc1ccc(C(=O)NNC(=S)NC(=O)/C=C/c2ccccc2)cc1I. The first-order valence-electron chi connectivity index (χ1n) is 7.47. The molecule has 2 amide bonds. The lowest BCUT2D eigenvalue weighted by Crippen LogP contribution is -2.48. The zero-order chi connectivity index (χ0) is 18.9. The Morgan fingerprint density at radius 2 is 1.85 bits per heavy atom. The second-order valence-electron chi connectivity index (χ2n) is 4.99. The van der Waals surface area contributed by atoms with Gasteiger partial charge in [0.25, 0.3) is 5.91 Å². The van der Waals surface area contributed by atoms with Crippen LogP contribution < -0.4 is 20.9 Å². The van der Waals surface area contributed by atoms with Gasteiger partial charge in [0, 0.05) is 11.6 Å². The molecule has 2 rings (SSSR count). The van der Waals surface area contributed by atoms with E-state index < -0.39 is 5.91 Å². The number of hydrazine groups is 1. The van der Waals surface area contributed by atoms with Crippen molar-refractivity contribution < 1.29 is 14.3 Å². The number of benzene rings is 2. The van der Waals surface area contributed by atoms with Gasteiger partial charge in [0.2, 0.25) is 5.91 Å². The van der Waals surface area contributed by atoms with Crippen molar-refractivity contribution in [2.45, 2.75) is 0 Å². The lowest BCUT2D eigenvalue weighted by atomic mass is 10.2. The molecule has 0 heterocycles. The van der Waals surface area contributed by atoms with E-state index in [2.05, 4.69) is 38.8 Å². The number of hydrogen-bond acceptors (Lipinski definition) is 4. The van der Waals surface area contributed by atoms with Gasteiger partial charge in [0.05, 0.1) is 10.7 Å². The molecule has 0 fully saturated rings. The standard InChI is InChI=1S/C18H16IN3O3S/c1-25-15-9-8-13(11-14(15)19)17(24)21-22-18(26)20-16(23)10-7-12-5-3-2-4-6-12/h2-11H,1H3,(H,21,24)(H2,20,22,23,26)/b10-7+. The monoisotopic (exact) mass is 481 g/mol. The molecule has 0 saturated heterocycles. The minimum atomic E-state index is -0.403. The highest BCUT2D eigenvalue weighted by Gasteiger charge is 2.09. The summed E-state index contributed by atoms with van der Waals surface area (Å²) in [6.45, 7) is 0. The predicted molar refractivity (Wildman–Crippen MR) is 113 cm³/mol. The van der Waals surface area contributed by atoms with Crippen LogP contribution in [-0.2, 0) is 4.79 Å². The molecular weight excluding hydrogens is 465 g/mol. The van der Waals surface area contributed by atoms with Crippen LogP contribution in [0.15, 0.2) is 54.6 Å². The average Bonchev–Trinajstić information content (AvgIpc) is 2.65. The maximum atomic E-state index is 12.1. The molecule has 2 aromatic rings. The summed E-state index contributed by atoms with van der Waals surface area (Å²) in [5.41, 5.74) is 6.24. The van der Waals surface area contributed by atoms with Gasteiger partial charge in [0.15, 0.2) is 5.11 Å². The number of ether oxygens (including phenoxy) is 1. The fourth-order valence-corrected chi connectivity index (χ4v) is 2.80. The molecule has 0 unspecified atom stereocenters. The van der Waals surface area contributed by atoms with E-state index in [1.807, 2.05) is 30.3 Å². The largest absolute Gasteiger partial charge is 0.496 e. The summed E-state index contributed by atoms with van der Waals surface area (Å²) in [4.78, 5) is 23.9. The summed E-state index contributed by atoms with van der Waals surface area (Å²) in [6, 6.07) is 14.4. The van der Waals surface area contributed by atoms with Gasteiger partial charge in [-0.15, -0.1) is 0 Å². The molecule has 0 spiro atoms. The number of amides is 2. The molecule has 0 aromatic heterocycles. The van der Waals surface area contributed by atoms with Gasteiger partial charge in [-0.05, 0) is 64.6 Å². The number of methoxy groups -OCH3 is 1. The van der Waals surface area contributed by atoms with Crippen molar-refractivity contribution >= 4 is 57.8 Å². The summed E-state index contributed by atoms with van der Waals surface area (Å²) in [7, 11) is 1.56. The number of thiocarbonyl (C=S) groups is 1. The van der Waals surface area contributed by atoms with E-state index in [0.29, 0.717) is 11.3 Å². The van der Waals surface area contributed by atoms with Crippen molar-refractivity contribution in [1.82, 2.24) is 16.2 Å². The van der Waals surface area contributed by atoms with Gasteiger partial charge in [-0.1, -0.05) is 30.3 Å². The topological polar surface area (TPSA) is 79.5 Å². The van der Waals surface area contributed by atoms with Gasteiger partial charge in [0.1, 0.15) is 5.75 Å². The molecule has 0 aliphatic carbocycles. The molecule has 0 atom stereocenters. The Hall–Kier alpha value is -2.46. The van der Waals surface area contributed by atoms with Crippen molar-refractivity contribution in [1.29, 1.82) is 0 Å². The first-order chi connectivity index (χ1) is 12.5. The Morgan fingerprint density at radius 3 is 2.50 bits per heavy atom. The van der Waals surface area contributed by atoms with E-state index in [1.54, 1.807) is 31.4 Å². The van der Waals surface area contributed by atoms with Crippen molar-refractivity contribution in [3.05, 3.63) is 69.3 Å². The first kappa shape index (κ1) is 19.9. The second-order valence-corrected chi connectivity index (χ2v) is 6.56. The fraction of sp³-hybridized carbons (Fsp3) is 0.0556. The van der Waals surface area contributed by atoms with Gasteiger partial charge in [-0.3, -0.25) is 25.8 Å². The van der Waals surface area contributed by atoms with Crippen molar-refractivity contribution in [3.8, 4) is 5.75 Å². The maximum absolute atomic E-state index is 12.1.